The lowest BCUT2D eigenvalue weighted by Gasteiger charge is -2.19. The maximum Gasteiger partial charge on any atom is 0.335 e. The van der Waals surface area contributed by atoms with E-state index in [-0.39, 0.29) is 11.5 Å². The van der Waals surface area contributed by atoms with E-state index >= 15 is 0 Å². The van der Waals surface area contributed by atoms with Gasteiger partial charge in [-0.25, -0.2) is 9.78 Å². The van der Waals surface area contributed by atoms with Crippen LogP contribution >= 0.6 is 0 Å². The van der Waals surface area contributed by atoms with E-state index in [0.29, 0.717) is 12.4 Å². The molecule has 0 aliphatic carbocycles. The van der Waals surface area contributed by atoms with Gasteiger partial charge in [0.25, 0.3) is 0 Å². The molecule has 2 aromatic heterocycles. The van der Waals surface area contributed by atoms with Crippen LogP contribution in [0.1, 0.15) is 41.4 Å². The molecule has 0 saturated carbocycles. The summed E-state index contributed by atoms with van der Waals surface area (Å²) in [6, 6.07) is 3.24. The SMILES string of the molecule is CC(C)c1cc(C(=O)O)cc(N(C)Cc2cnn(C)c2)n1. The fourth-order valence-electron chi connectivity index (χ4n) is 2.06. The summed E-state index contributed by atoms with van der Waals surface area (Å²) in [7, 11) is 3.76. The molecule has 0 spiro atoms. The fourth-order valence-corrected chi connectivity index (χ4v) is 2.06. The zero-order valence-corrected chi connectivity index (χ0v) is 12.7. The quantitative estimate of drug-likeness (QED) is 0.914. The standard InChI is InChI=1S/C15H20N4O2/c1-10(2)13-5-12(15(20)21)6-14(17-13)18(3)8-11-7-16-19(4)9-11/h5-7,9-10H,8H2,1-4H3,(H,20,21). The van der Waals surface area contributed by atoms with E-state index in [0.717, 1.165) is 11.3 Å². The molecule has 2 rings (SSSR count). The molecular formula is C15H20N4O2. The molecule has 0 fully saturated rings. The Labute approximate surface area is 124 Å². The van der Waals surface area contributed by atoms with E-state index in [1.165, 1.54) is 0 Å². The second-order valence-electron chi connectivity index (χ2n) is 5.48. The minimum absolute atomic E-state index is 0.176. The summed E-state index contributed by atoms with van der Waals surface area (Å²) in [5.74, 6) is -0.104. The number of rotatable bonds is 5. The molecule has 1 N–H and O–H groups in total. The average molecular weight is 288 g/mol. The molecule has 0 bridgehead atoms. The van der Waals surface area contributed by atoms with E-state index in [1.54, 1.807) is 23.0 Å². The maximum atomic E-state index is 11.3. The van der Waals surface area contributed by atoms with Gasteiger partial charge in [-0.05, 0) is 18.1 Å². The third kappa shape index (κ3) is 3.59. The van der Waals surface area contributed by atoms with E-state index in [2.05, 4.69) is 10.1 Å². The summed E-state index contributed by atoms with van der Waals surface area (Å²) in [6.45, 7) is 4.62. The predicted octanol–water partition coefficient (Wildman–Crippen LogP) is 2.27. The zero-order valence-electron chi connectivity index (χ0n) is 12.7. The summed E-state index contributed by atoms with van der Waals surface area (Å²) in [5, 5.41) is 13.4. The van der Waals surface area contributed by atoms with Crippen LogP contribution in [0, 0.1) is 0 Å². The zero-order chi connectivity index (χ0) is 15.6. The minimum atomic E-state index is -0.935. The molecule has 112 valence electrons. The van der Waals surface area contributed by atoms with Gasteiger partial charge >= 0.3 is 5.97 Å². The predicted molar refractivity (Wildman–Crippen MR) is 80.6 cm³/mol. The summed E-state index contributed by atoms with van der Waals surface area (Å²) < 4.78 is 1.74. The van der Waals surface area contributed by atoms with Crippen LogP contribution in [0.15, 0.2) is 24.5 Å². The molecular weight excluding hydrogens is 268 g/mol. The Morgan fingerprint density at radius 2 is 2.14 bits per heavy atom. The van der Waals surface area contributed by atoms with Crippen molar-refractivity contribution in [3.05, 3.63) is 41.3 Å². The van der Waals surface area contributed by atoms with Gasteiger partial charge in [-0.1, -0.05) is 13.8 Å². The van der Waals surface area contributed by atoms with Gasteiger partial charge in [0.15, 0.2) is 0 Å². The van der Waals surface area contributed by atoms with Crippen molar-refractivity contribution in [3.8, 4) is 0 Å². The van der Waals surface area contributed by atoms with E-state index in [1.807, 2.05) is 39.0 Å². The third-order valence-electron chi connectivity index (χ3n) is 3.24. The van der Waals surface area contributed by atoms with Gasteiger partial charge < -0.3 is 10.0 Å². The van der Waals surface area contributed by atoms with Crippen LogP contribution in [-0.4, -0.2) is 32.9 Å². The van der Waals surface area contributed by atoms with Gasteiger partial charge in [0.1, 0.15) is 5.82 Å². The van der Waals surface area contributed by atoms with Crippen molar-refractivity contribution in [1.29, 1.82) is 0 Å². The first-order chi connectivity index (χ1) is 9.86. The molecule has 0 aliphatic heterocycles. The van der Waals surface area contributed by atoms with Crippen LogP contribution in [0.5, 0.6) is 0 Å². The van der Waals surface area contributed by atoms with Crippen molar-refractivity contribution in [2.45, 2.75) is 26.3 Å². The van der Waals surface area contributed by atoms with Gasteiger partial charge in [0.2, 0.25) is 0 Å². The number of carboxylic acids is 1. The highest BCUT2D eigenvalue weighted by Crippen LogP contribution is 2.21. The Hall–Kier alpha value is -2.37. The van der Waals surface area contributed by atoms with Crippen LogP contribution < -0.4 is 4.90 Å². The number of nitrogens with zero attached hydrogens (tertiary/aromatic N) is 4. The molecule has 0 atom stereocenters. The first-order valence-corrected chi connectivity index (χ1v) is 6.80. The van der Waals surface area contributed by atoms with Crippen LogP contribution in [0.25, 0.3) is 0 Å². The van der Waals surface area contributed by atoms with E-state index < -0.39 is 5.97 Å². The molecule has 21 heavy (non-hydrogen) atoms. The molecule has 0 amide bonds. The highest BCUT2D eigenvalue weighted by Gasteiger charge is 2.13. The normalized spacial score (nSPS) is 10.9. The highest BCUT2D eigenvalue weighted by atomic mass is 16.4. The second-order valence-corrected chi connectivity index (χ2v) is 5.48. The van der Waals surface area contributed by atoms with Crippen LogP contribution in [0.2, 0.25) is 0 Å². The molecule has 2 heterocycles. The molecule has 6 heteroatoms. The number of aryl methyl sites for hydroxylation is 1. The summed E-state index contributed by atoms with van der Waals surface area (Å²) in [4.78, 5) is 17.7. The topological polar surface area (TPSA) is 71.2 Å². The van der Waals surface area contributed by atoms with Crippen LogP contribution in [0.4, 0.5) is 5.82 Å². The van der Waals surface area contributed by atoms with Crippen molar-refractivity contribution >= 4 is 11.8 Å². The lowest BCUT2D eigenvalue weighted by atomic mass is 10.1. The number of aromatic nitrogens is 3. The monoisotopic (exact) mass is 288 g/mol. The molecule has 6 nitrogen and oxygen atoms in total. The van der Waals surface area contributed by atoms with Gasteiger partial charge in [0, 0.05) is 38.1 Å². The van der Waals surface area contributed by atoms with Crippen LogP contribution in [0.3, 0.4) is 0 Å². The highest BCUT2D eigenvalue weighted by molar-refractivity contribution is 5.88. The van der Waals surface area contributed by atoms with Gasteiger partial charge in [-0.15, -0.1) is 0 Å². The number of anilines is 1. The van der Waals surface area contributed by atoms with Crippen molar-refractivity contribution < 1.29 is 9.90 Å². The average Bonchev–Trinajstić information content (AvgIpc) is 2.83. The Morgan fingerprint density at radius 1 is 1.43 bits per heavy atom. The third-order valence-corrected chi connectivity index (χ3v) is 3.24. The van der Waals surface area contributed by atoms with Crippen molar-refractivity contribution in [2.24, 2.45) is 7.05 Å². The molecule has 0 aromatic carbocycles. The van der Waals surface area contributed by atoms with Crippen molar-refractivity contribution in [3.63, 3.8) is 0 Å². The second kappa shape index (κ2) is 5.95. The first kappa shape index (κ1) is 15.0. The number of pyridine rings is 1. The fraction of sp³-hybridized carbons (Fsp3) is 0.400. The molecule has 0 aliphatic rings. The van der Waals surface area contributed by atoms with Gasteiger partial charge in [-0.2, -0.15) is 5.10 Å². The largest absolute Gasteiger partial charge is 0.478 e. The first-order valence-electron chi connectivity index (χ1n) is 6.80. The molecule has 0 radical (unpaired) electrons. The Bertz CT molecular complexity index is 649. The number of carbonyl (C=O) groups is 1. The molecule has 0 unspecified atom stereocenters. The summed E-state index contributed by atoms with van der Waals surface area (Å²) in [6.07, 6.45) is 3.72. The smallest absolute Gasteiger partial charge is 0.335 e. The molecule has 0 saturated heterocycles. The number of hydrogen-bond acceptors (Lipinski definition) is 4. The van der Waals surface area contributed by atoms with Crippen LogP contribution in [-0.2, 0) is 13.6 Å². The summed E-state index contributed by atoms with van der Waals surface area (Å²) in [5.41, 5.74) is 2.10. The van der Waals surface area contributed by atoms with Crippen molar-refractivity contribution in [1.82, 2.24) is 14.8 Å². The van der Waals surface area contributed by atoms with Crippen molar-refractivity contribution in [2.75, 3.05) is 11.9 Å². The lowest BCUT2D eigenvalue weighted by Crippen LogP contribution is -2.19. The van der Waals surface area contributed by atoms with E-state index in [9.17, 15) is 9.90 Å². The van der Waals surface area contributed by atoms with Gasteiger partial charge in [-0.3, -0.25) is 4.68 Å². The number of carboxylic acid groups (broad SMARTS) is 1. The minimum Gasteiger partial charge on any atom is -0.478 e. The van der Waals surface area contributed by atoms with E-state index in [4.69, 9.17) is 0 Å². The Kier molecular flexibility index (Phi) is 4.26. The number of aromatic carboxylic acids is 1. The lowest BCUT2D eigenvalue weighted by molar-refractivity contribution is 0.0696. The molecule has 2 aromatic rings. The Morgan fingerprint density at radius 3 is 2.67 bits per heavy atom. The van der Waals surface area contributed by atoms with Gasteiger partial charge in [0.05, 0.1) is 11.8 Å². The Balaban J connectivity index is 2.30. The number of hydrogen-bond donors (Lipinski definition) is 1. The summed E-state index contributed by atoms with van der Waals surface area (Å²) >= 11 is 0. The maximum absolute atomic E-state index is 11.3.